The van der Waals surface area contributed by atoms with Crippen molar-refractivity contribution >= 4 is 17.7 Å². The summed E-state index contributed by atoms with van der Waals surface area (Å²) < 4.78 is 10.4. The van der Waals surface area contributed by atoms with Crippen LogP contribution in [0.1, 0.15) is 16.8 Å². The fraction of sp³-hybridized carbons (Fsp3) is 0.462. The molecule has 100 valence electrons. The largest absolute Gasteiger partial charge is 0.494 e. The first-order chi connectivity index (χ1) is 8.74. The molecule has 0 saturated carbocycles. The predicted octanol–water partition coefficient (Wildman–Crippen LogP) is 2.53. The average molecular weight is 270 g/mol. The fourth-order valence-electron chi connectivity index (χ4n) is 1.31. The lowest BCUT2D eigenvalue weighted by atomic mass is 10.2. The van der Waals surface area contributed by atoms with E-state index < -0.39 is 5.97 Å². The van der Waals surface area contributed by atoms with Crippen molar-refractivity contribution in [3.05, 3.63) is 29.8 Å². The van der Waals surface area contributed by atoms with E-state index >= 15 is 0 Å². The molecular formula is C13H18O4S. The molecule has 1 aromatic carbocycles. The molecule has 0 bridgehead atoms. The Morgan fingerprint density at radius 2 is 2.17 bits per heavy atom. The van der Waals surface area contributed by atoms with Crippen molar-refractivity contribution in [1.29, 1.82) is 0 Å². The van der Waals surface area contributed by atoms with E-state index in [1.807, 2.05) is 11.8 Å². The van der Waals surface area contributed by atoms with Gasteiger partial charge in [-0.25, -0.2) is 4.79 Å². The molecule has 0 radical (unpaired) electrons. The number of thioether (sulfide) groups is 1. The molecular weight excluding hydrogens is 252 g/mol. The zero-order valence-electron chi connectivity index (χ0n) is 10.4. The van der Waals surface area contributed by atoms with Crippen LogP contribution in [-0.4, -0.2) is 42.9 Å². The number of benzene rings is 1. The van der Waals surface area contributed by atoms with Gasteiger partial charge < -0.3 is 14.6 Å². The standard InChI is InChI=1S/C13H18O4S/c1-16-7-9-18-8-3-6-17-12-5-2-4-11(10-12)13(14)15/h2,4-5,10H,3,6-9H2,1H3,(H,14,15). The van der Waals surface area contributed by atoms with E-state index in [1.165, 1.54) is 0 Å². The van der Waals surface area contributed by atoms with E-state index in [0.717, 1.165) is 24.5 Å². The van der Waals surface area contributed by atoms with Crippen LogP contribution in [0.25, 0.3) is 0 Å². The second kappa shape index (κ2) is 8.83. The van der Waals surface area contributed by atoms with Crippen LogP contribution in [0.4, 0.5) is 0 Å². The van der Waals surface area contributed by atoms with Gasteiger partial charge in [0.1, 0.15) is 5.75 Å². The molecule has 0 aromatic heterocycles. The molecule has 18 heavy (non-hydrogen) atoms. The third-order valence-electron chi connectivity index (χ3n) is 2.21. The fourth-order valence-corrected chi connectivity index (χ4v) is 2.12. The van der Waals surface area contributed by atoms with E-state index in [0.29, 0.717) is 12.4 Å². The van der Waals surface area contributed by atoms with Crippen molar-refractivity contribution in [2.24, 2.45) is 0 Å². The zero-order valence-corrected chi connectivity index (χ0v) is 11.2. The quantitative estimate of drug-likeness (QED) is 0.699. The van der Waals surface area contributed by atoms with Crippen LogP contribution in [0, 0.1) is 0 Å². The Balaban J connectivity index is 2.19. The summed E-state index contributed by atoms with van der Waals surface area (Å²) in [5.74, 6) is 1.68. The Kier molecular flexibility index (Phi) is 7.29. The summed E-state index contributed by atoms with van der Waals surface area (Å²) in [5.41, 5.74) is 0.252. The van der Waals surface area contributed by atoms with Gasteiger partial charge in [0.25, 0.3) is 0 Å². The van der Waals surface area contributed by atoms with Gasteiger partial charge in [0.05, 0.1) is 18.8 Å². The summed E-state index contributed by atoms with van der Waals surface area (Å²) in [4.78, 5) is 10.8. The molecule has 5 heteroatoms. The van der Waals surface area contributed by atoms with Gasteiger partial charge >= 0.3 is 5.97 Å². The number of methoxy groups -OCH3 is 1. The minimum atomic E-state index is -0.935. The first kappa shape index (κ1) is 14.9. The molecule has 0 unspecified atom stereocenters. The molecule has 0 fully saturated rings. The van der Waals surface area contributed by atoms with E-state index in [-0.39, 0.29) is 5.56 Å². The maximum Gasteiger partial charge on any atom is 0.335 e. The maximum atomic E-state index is 10.8. The number of carbonyl (C=O) groups is 1. The van der Waals surface area contributed by atoms with E-state index in [4.69, 9.17) is 14.6 Å². The van der Waals surface area contributed by atoms with Crippen LogP contribution in [0.2, 0.25) is 0 Å². The first-order valence-electron chi connectivity index (χ1n) is 5.77. The molecule has 1 N–H and O–H groups in total. The second-order valence-corrected chi connectivity index (χ2v) is 4.86. The van der Waals surface area contributed by atoms with Crippen molar-refractivity contribution in [2.75, 3.05) is 31.8 Å². The summed E-state index contributed by atoms with van der Waals surface area (Å²) in [7, 11) is 1.69. The van der Waals surface area contributed by atoms with E-state index in [2.05, 4.69) is 0 Å². The SMILES string of the molecule is COCCSCCCOc1cccc(C(=O)O)c1. The van der Waals surface area contributed by atoms with Crippen LogP contribution in [0.15, 0.2) is 24.3 Å². The van der Waals surface area contributed by atoms with Gasteiger partial charge in [0, 0.05) is 12.9 Å². The third-order valence-corrected chi connectivity index (χ3v) is 3.25. The average Bonchev–Trinajstić information content (AvgIpc) is 2.38. The minimum absolute atomic E-state index is 0.252. The lowest BCUT2D eigenvalue weighted by Crippen LogP contribution is -2.02. The number of rotatable bonds is 9. The Labute approximate surface area is 111 Å². The number of hydrogen-bond acceptors (Lipinski definition) is 4. The lowest BCUT2D eigenvalue weighted by molar-refractivity contribution is 0.0696. The van der Waals surface area contributed by atoms with E-state index in [9.17, 15) is 4.79 Å². The number of aromatic carboxylic acids is 1. The highest BCUT2D eigenvalue weighted by Gasteiger charge is 2.03. The second-order valence-electron chi connectivity index (χ2n) is 3.64. The topological polar surface area (TPSA) is 55.8 Å². The number of carboxylic acids is 1. The maximum absolute atomic E-state index is 10.8. The van der Waals surface area contributed by atoms with Gasteiger partial charge in [-0.15, -0.1) is 0 Å². The van der Waals surface area contributed by atoms with Gasteiger partial charge in [-0.3, -0.25) is 0 Å². The van der Waals surface area contributed by atoms with Crippen molar-refractivity contribution in [3.63, 3.8) is 0 Å². The van der Waals surface area contributed by atoms with Crippen LogP contribution in [0.3, 0.4) is 0 Å². The monoisotopic (exact) mass is 270 g/mol. The molecule has 0 amide bonds. The Hall–Kier alpha value is -1.20. The van der Waals surface area contributed by atoms with Gasteiger partial charge in [-0.1, -0.05) is 6.07 Å². The summed E-state index contributed by atoms with van der Waals surface area (Å²) in [6, 6.07) is 6.55. The van der Waals surface area contributed by atoms with Crippen LogP contribution >= 0.6 is 11.8 Å². The first-order valence-corrected chi connectivity index (χ1v) is 6.92. The predicted molar refractivity (Wildman–Crippen MR) is 72.7 cm³/mol. The summed E-state index contributed by atoms with van der Waals surface area (Å²) in [6.07, 6.45) is 0.936. The Morgan fingerprint density at radius 3 is 2.89 bits per heavy atom. The van der Waals surface area contributed by atoms with Crippen LogP contribution < -0.4 is 4.74 Å². The van der Waals surface area contributed by atoms with Crippen molar-refractivity contribution in [3.8, 4) is 5.75 Å². The van der Waals surface area contributed by atoms with Crippen LogP contribution in [0.5, 0.6) is 5.75 Å². The molecule has 0 saturated heterocycles. The Morgan fingerprint density at radius 1 is 1.33 bits per heavy atom. The molecule has 0 spiro atoms. The highest BCUT2D eigenvalue weighted by Crippen LogP contribution is 2.14. The van der Waals surface area contributed by atoms with Gasteiger partial charge in [-0.05, 0) is 30.4 Å². The summed E-state index contributed by atoms with van der Waals surface area (Å²) >= 11 is 1.82. The molecule has 1 rings (SSSR count). The molecule has 0 heterocycles. The van der Waals surface area contributed by atoms with Gasteiger partial charge in [-0.2, -0.15) is 11.8 Å². The zero-order chi connectivity index (χ0) is 13.2. The molecule has 0 atom stereocenters. The number of hydrogen-bond donors (Lipinski definition) is 1. The van der Waals surface area contributed by atoms with Gasteiger partial charge in [0.15, 0.2) is 0 Å². The minimum Gasteiger partial charge on any atom is -0.494 e. The molecule has 4 nitrogen and oxygen atoms in total. The molecule has 0 aliphatic heterocycles. The third kappa shape index (κ3) is 5.93. The Bertz CT molecular complexity index is 368. The van der Waals surface area contributed by atoms with Crippen molar-refractivity contribution in [2.45, 2.75) is 6.42 Å². The van der Waals surface area contributed by atoms with Crippen molar-refractivity contribution in [1.82, 2.24) is 0 Å². The lowest BCUT2D eigenvalue weighted by Gasteiger charge is -2.06. The highest BCUT2D eigenvalue weighted by atomic mass is 32.2. The highest BCUT2D eigenvalue weighted by molar-refractivity contribution is 7.99. The smallest absolute Gasteiger partial charge is 0.335 e. The van der Waals surface area contributed by atoms with E-state index in [1.54, 1.807) is 31.4 Å². The molecule has 0 aliphatic rings. The van der Waals surface area contributed by atoms with Crippen molar-refractivity contribution < 1.29 is 19.4 Å². The van der Waals surface area contributed by atoms with Crippen LogP contribution in [-0.2, 0) is 4.74 Å². The number of carboxylic acid groups (broad SMARTS) is 1. The normalized spacial score (nSPS) is 10.3. The number of ether oxygens (including phenoxy) is 2. The summed E-state index contributed by atoms with van der Waals surface area (Å²) in [6.45, 7) is 1.37. The molecule has 1 aromatic rings. The molecule has 0 aliphatic carbocycles. The van der Waals surface area contributed by atoms with Gasteiger partial charge in [0.2, 0.25) is 0 Å². The summed E-state index contributed by atoms with van der Waals surface area (Å²) in [5, 5.41) is 8.83.